The van der Waals surface area contributed by atoms with Crippen LogP contribution in [0.1, 0.15) is 31.7 Å². The molecule has 5 nitrogen and oxygen atoms in total. The Bertz CT molecular complexity index is 626. The Hall–Kier alpha value is -1.40. The Morgan fingerprint density at radius 2 is 1.96 bits per heavy atom. The second kappa shape index (κ2) is 7.45. The topological polar surface area (TPSA) is 89.3 Å². The lowest BCUT2D eigenvalue weighted by atomic mass is 9.96. The summed E-state index contributed by atoms with van der Waals surface area (Å²) in [6, 6.07) is 9.74. The summed E-state index contributed by atoms with van der Waals surface area (Å²) in [5.74, 6) is -0.496. The number of nitrogens with two attached hydrogens (primary N) is 1. The van der Waals surface area contributed by atoms with Crippen molar-refractivity contribution in [3.8, 4) is 0 Å². The predicted molar refractivity (Wildman–Crippen MR) is 91.7 cm³/mol. The fourth-order valence-corrected chi connectivity index (χ4v) is 4.01. The van der Waals surface area contributed by atoms with Crippen molar-refractivity contribution in [3.63, 3.8) is 0 Å². The Labute approximate surface area is 138 Å². The van der Waals surface area contributed by atoms with Gasteiger partial charge in [-0.15, -0.1) is 0 Å². The normalized spacial score (nSPS) is 17.5. The Balaban J connectivity index is 1.79. The molecule has 1 aromatic rings. The molecule has 1 aliphatic rings. The zero-order chi connectivity index (χ0) is 16.9. The predicted octanol–water partition coefficient (Wildman–Crippen LogP) is 1.28. The molecule has 0 saturated heterocycles. The molecule has 2 rings (SSSR count). The van der Waals surface area contributed by atoms with Crippen LogP contribution in [0.3, 0.4) is 0 Å². The third-order valence-corrected chi connectivity index (χ3v) is 6.05. The highest BCUT2D eigenvalue weighted by Crippen LogP contribution is 2.38. The van der Waals surface area contributed by atoms with Crippen molar-refractivity contribution in [2.45, 2.75) is 38.1 Å². The summed E-state index contributed by atoms with van der Waals surface area (Å²) >= 11 is 0. The van der Waals surface area contributed by atoms with Crippen LogP contribution < -0.4 is 11.1 Å². The number of nitrogens with one attached hydrogen (secondary N) is 1. The first kappa shape index (κ1) is 17.9. The highest BCUT2D eigenvalue weighted by Gasteiger charge is 2.41. The van der Waals surface area contributed by atoms with E-state index in [1.165, 1.54) is 0 Å². The van der Waals surface area contributed by atoms with Crippen LogP contribution in [0.2, 0.25) is 0 Å². The van der Waals surface area contributed by atoms with E-state index in [0.29, 0.717) is 25.3 Å². The van der Waals surface area contributed by atoms with E-state index in [4.69, 9.17) is 5.73 Å². The molecule has 23 heavy (non-hydrogen) atoms. The van der Waals surface area contributed by atoms with Crippen molar-refractivity contribution in [1.82, 2.24) is 5.32 Å². The zero-order valence-corrected chi connectivity index (χ0v) is 14.4. The lowest BCUT2D eigenvalue weighted by molar-refractivity contribution is -0.120. The van der Waals surface area contributed by atoms with Crippen LogP contribution >= 0.6 is 0 Å². The summed E-state index contributed by atoms with van der Waals surface area (Å²) in [6.45, 7) is 2.22. The van der Waals surface area contributed by atoms with E-state index in [1.807, 2.05) is 37.3 Å². The maximum Gasteiger partial charge on any atom is 0.235 e. The minimum Gasteiger partial charge on any atom is -0.349 e. The first-order valence-corrected chi connectivity index (χ1v) is 9.92. The van der Waals surface area contributed by atoms with Gasteiger partial charge < -0.3 is 11.1 Å². The molecule has 1 atom stereocenters. The number of rotatable bonds is 9. The van der Waals surface area contributed by atoms with Crippen molar-refractivity contribution >= 4 is 15.7 Å². The Morgan fingerprint density at radius 3 is 2.52 bits per heavy atom. The van der Waals surface area contributed by atoms with Crippen LogP contribution in [-0.4, -0.2) is 37.9 Å². The number of amides is 1. The van der Waals surface area contributed by atoms with Gasteiger partial charge in [-0.1, -0.05) is 30.3 Å². The first-order valence-electron chi connectivity index (χ1n) is 8.10. The number of hydrogen-bond acceptors (Lipinski definition) is 4. The fraction of sp³-hybridized carbons (Fsp3) is 0.588. The van der Waals surface area contributed by atoms with Crippen LogP contribution in [0.15, 0.2) is 30.3 Å². The lowest BCUT2D eigenvalue weighted by Crippen LogP contribution is -2.54. The van der Waals surface area contributed by atoms with E-state index in [1.54, 1.807) is 0 Å². The molecule has 3 N–H and O–H groups in total. The molecule has 1 fully saturated rings. The average Bonchev–Trinajstić information content (AvgIpc) is 3.32. The summed E-state index contributed by atoms with van der Waals surface area (Å²) in [6.07, 6.45) is 3.30. The molecule has 1 saturated carbocycles. The number of aryl methyl sites for hydroxylation is 1. The smallest absolute Gasteiger partial charge is 0.235 e. The van der Waals surface area contributed by atoms with E-state index < -0.39 is 27.0 Å². The van der Waals surface area contributed by atoms with Gasteiger partial charge in [-0.25, -0.2) is 8.42 Å². The fourth-order valence-electron chi connectivity index (χ4n) is 2.81. The molecular formula is C17H26N2O3S. The molecule has 0 spiro atoms. The van der Waals surface area contributed by atoms with Gasteiger partial charge in [0.1, 0.15) is 5.75 Å². The van der Waals surface area contributed by atoms with Crippen LogP contribution in [0, 0.1) is 5.92 Å². The van der Waals surface area contributed by atoms with Crippen LogP contribution in [0.5, 0.6) is 0 Å². The maximum atomic E-state index is 12.1. The molecule has 6 heteroatoms. The standard InChI is InChI=1S/C17H26N2O3S/c1-17(13-18,15-9-10-15)19-16(20)12-23(21,22)11-5-8-14-6-3-2-4-7-14/h2-4,6-7,15H,5,8-13,18H2,1H3,(H,19,20). The third kappa shape index (κ3) is 5.62. The molecule has 1 aliphatic carbocycles. The van der Waals surface area contributed by atoms with E-state index >= 15 is 0 Å². The number of hydrogen-bond donors (Lipinski definition) is 2. The average molecular weight is 338 g/mol. The maximum absolute atomic E-state index is 12.1. The number of carbonyl (C=O) groups excluding carboxylic acids is 1. The Morgan fingerprint density at radius 1 is 1.30 bits per heavy atom. The van der Waals surface area contributed by atoms with Crippen LogP contribution in [0.25, 0.3) is 0 Å². The molecule has 128 valence electrons. The summed E-state index contributed by atoms with van der Waals surface area (Å²) in [4.78, 5) is 12.1. The van der Waals surface area contributed by atoms with Crippen LogP contribution in [-0.2, 0) is 21.1 Å². The molecule has 0 aromatic heterocycles. The summed E-state index contributed by atoms with van der Waals surface area (Å²) < 4.78 is 24.2. The third-order valence-electron chi connectivity index (χ3n) is 4.44. The van der Waals surface area contributed by atoms with Gasteiger partial charge in [0.25, 0.3) is 0 Å². The summed E-state index contributed by atoms with van der Waals surface area (Å²) in [5.41, 5.74) is 6.37. The largest absolute Gasteiger partial charge is 0.349 e. The van der Waals surface area contributed by atoms with Gasteiger partial charge in [0.15, 0.2) is 9.84 Å². The van der Waals surface area contributed by atoms with Gasteiger partial charge in [0, 0.05) is 6.54 Å². The van der Waals surface area contributed by atoms with Crippen molar-refractivity contribution in [3.05, 3.63) is 35.9 Å². The number of benzene rings is 1. The molecule has 1 unspecified atom stereocenters. The molecule has 0 bridgehead atoms. The minimum absolute atomic E-state index is 0.0259. The highest BCUT2D eigenvalue weighted by molar-refractivity contribution is 7.92. The Kier molecular flexibility index (Phi) is 5.81. The van der Waals surface area contributed by atoms with Gasteiger partial charge in [-0.2, -0.15) is 0 Å². The summed E-state index contributed by atoms with van der Waals surface area (Å²) in [5, 5.41) is 2.83. The second-order valence-electron chi connectivity index (χ2n) is 6.63. The van der Waals surface area contributed by atoms with E-state index in [-0.39, 0.29) is 5.75 Å². The van der Waals surface area contributed by atoms with Gasteiger partial charge in [0.05, 0.1) is 11.3 Å². The highest BCUT2D eigenvalue weighted by atomic mass is 32.2. The monoisotopic (exact) mass is 338 g/mol. The van der Waals surface area contributed by atoms with Crippen molar-refractivity contribution < 1.29 is 13.2 Å². The molecule has 0 aliphatic heterocycles. The van der Waals surface area contributed by atoms with Crippen molar-refractivity contribution in [2.24, 2.45) is 11.7 Å². The van der Waals surface area contributed by atoms with Gasteiger partial charge >= 0.3 is 0 Å². The number of sulfone groups is 1. The lowest BCUT2D eigenvalue weighted by Gasteiger charge is -2.29. The van der Waals surface area contributed by atoms with Gasteiger partial charge in [-0.3, -0.25) is 4.79 Å². The van der Waals surface area contributed by atoms with Crippen molar-refractivity contribution in [2.75, 3.05) is 18.1 Å². The van der Waals surface area contributed by atoms with Crippen LogP contribution in [0.4, 0.5) is 0 Å². The number of carbonyl (C=O) groups is 1. The second-order valence-corrected chi connectivity index (χ2v) is 8.81. The zero-order valence-electron chi connectivity index (χ0n) is 13.6. The van der Waals surface area contributed by atoms with E-state index in [0.717, 1.165) is 18.4 Å². The molecular weight excluding hydrogens is 312 g/mol. The quantitative estimate of drug-likeness (QED) is 0.710. The first-order chi connectivity index (χ1) is 10.8. The molecule has 1 amide bonds. The molecule has 1 aromatic carbocycles. The summed E-state index contributed by atoms with van der Waals surface area (Å²) in [7, 11) is -3.39. The van der Waals surface area contributed by atoms with Gasteiger partial charge in [0.2, 0.25) is 5.91 Å². The van der Waals surface area contributed by atoms with Gasteiger partial charge in [-0.05, 0) is 44.1 Å². The van der Waals surface area contributed by atoms with E-state index in [9.17, 15) is 13.2 Å². The SMILES string of the molecule is CC(CN)(NC(=O)CS(=O)(=O)CCCc1ccccc1)C1CC1. The molecule has 0 radical (unpaired) electrons. The van der Waals surface area contributed by atoms with Crippen molar-refractivity contribution in [1.29, 1.82) is 0 Å². The minimum atomic E-state index is -3.39. The molecule has 0 heterocycles. The van der Waals surface area contributed by atoms with E-state index in [2.05, 4.69) is 5.32 Å².